The average Bonchev–Trinajstić information content (AvgIpc) is 3.03. The molecule has 108 valence electrons. The maximum absolute atomic E-state index is 12.2. The highest BCUT2D eigenvalue weighted by molar-refractivity contribution is 7.14. The molecule has 0 radical (unpaired) electrons. The summed E-state index contributed by atoms with van der Waals surface area (Å²) >= 11 is 1.54. The summed E-state index contributed by atoms with van der Waals surface area (Å²) in [5, 5.41) is 11.9. The number of aliphatic carboxylic acids is 1. The summed E-state index contributed by atoms with van der Waals surface area (Å²) in [5.41, 5.74) is 1.28. The molecule has 2 atom stereocenters. The van der Waals surface area contributed by atoms with Crippen LogP contribution in [0.25, 0.3) is 0 Å². The van der Waals surface area contributed by atoms with Crippen LogP contribution in [0, 0.1) is 5.92 Å². The minimum atomic E-state index is -0.918. The molecule has 1 aliphatic heterocycles. The van der Waals surface area contributed by atoms with Crippen molar-refractivity contribution in [1.29, 1.82) is 0 Å². The van der Waals surface area contributed by atoms with E-state index in [1.54, 1.807) is 0 Å². The van der Waals surface area contributed by atoms with Gasteiger partial charge in [0.05, 0.1) is 24.1 Å². The van der Waals surface area contributed by atoms with Crippen molar-refractivity contribution in [3.63, 3.8) is 0 Å². The normalized spacial score (nSPS) is 25.2. The molecule has 2 heterocycles. The number of rotatable bonds is 3. The van der Waals surface area contributed by atoms with Gasteiger partial charge in [-0.25, -0.2) is 0 Å². The van der Waals surface area contributed by atoms with E-state index in [9.17, 15) is 9.59 Å². The van der Waals surface area contributed by atoms with Crippen LogP contribution in [0.4, 0.5) is 0 Å². The van der Waals surface area contributed by atoms with Gasteiger partial charge in [-0.3, -0.25) is 9.59 Å². The summed E-state index contributed by atoms with van der Waals surface area (Å²) in [5.74, 6) is -1.74. The molecule has 1 fully saturated rings. The zero-order valence-electron chi connectivity index (χ0n) is 11.1. The van der Waals surface area contributed by atoms with Crippen LogP contribution in [-0.2, 0) is 22.4 Å². The number of aryl methyl sites for hydroxylation is 2. The third kappa shape index (κ3) is 2.58. The van der Waals surface area contributed by atoms with Crippen LogP contribution in [0.2, 0.25) is 0 Å². The molecule has 1 aromatic rings. The number of hydrogen-bond donors (Lipinski definition) is 2. The van der Waals surface area contributed by atoms with E-state index in [0.29, 0.717) is 4.88 Å². The van der Waals surface area contributed by atoms with Gasteiger partial charge in [-0.1, -0.05) is 0 Å². The van der Waals surface area contributed by atoms with E-state index in [0.717, 1.165) is 12.8 Å². The molecule has 1 amide bonds. The standard InChI is InChI=1S/C14H17NO4S/c16-13(15-10-7-19-6-9(10)14(17)18)12-5-8-3-1-2-4-11(8)20-12/h5,9-10H,1-4,6-7H2,(H,15,16)(H,17,18). The van der Waals surface area contributed by atoms with Crippen molar-refractivity contribution in [2.75, 3.05) is 13.2 Å². The quantitative estimate of drug-likeness (QED) is 0.885. The van der Waals surface area contributed by atoms with Crippen molar-refractivity contribution in [2.24, 2.45) is 5.92 Å². The summed E-state index contributed by atoms with van der Waals surface area (Å²) in [7, 11) is 0. The molecule has 20 heavy (non-hydrogen) atoms. The Morgan fingerprint density at radius 2 is 2.10 bits per heavy atom. The number of carbonyl (C=O) groups is 2. The molecule has 2 N–H and O–H groups in total. The first-order chi connectivity index (χ1) is 9.65. The van der Waals surface area contributed by atoms with Gasteiger partial charge in [0.15, 0.2) is 0 Å². The number of hydrogen-bond acceptors (Lipinski definition) is 4. The summed E-state index contributed by atoms with van der Waals surface area (Å²) in [6.07, 6.45) is 4.47. The molecule has 1 saturated heterocycles. The highest BCUT2D eigenvalue weighted by atomic mass is 32.1. The Bertz CT molecular complexity index is 516. The van der Waals surface area contributed by atoms with Crippen LogP contribution in [0.15, 0.2) is 6.07 Å². The molecular weight excluding hydrogens is 278 g/mol. The first kappa shape index (κ1) is 13.6. The van der Waals surface area contributed by atoms with Crippen molar-refractivity contribution in [3.05, 3.63) is 21.4 Å². The van der Waals surface area contributed by atoms with Crippen molar-refractivity contribution < 1.29 is 19.4 Å². The first-order valence-electron chi connectivity index (χ1n) is 6.88. The highest BCUT2D eigenvalue weighted by Gasteiger charge is 2.35. The second-order valence-electron chi connectivity index (χ2n) is 5.33. The van der Waals surface area contributed by atoms with Crippen molar-refractivity contribution in [2.45, 2.75) is 31.7 Å². The molecule has 1 aromatic heterocycles. The van der Waals surface area contributed by atoms with E-state index in [4.69, 9.17) is 9.84 Å². The fourth-order valence-electron chi connectivity index (χ4n) is 2.78. The smallest absolute Gasteiger partial charge is 0.311 e. The van der Waals surface area contributed by atoms with Crippen LogP contribution in [0.5, 0.6) is 0 Å². The number of carboxylic acids is 1. The molecule has 6 heteroatoms. The predicted octanol–water partition coefficient (Wildman–Crippen LogP) is 1.46. The Hall–Kier alpha value is -1.40. The topological polar surface area (TPSA) is 75.6 Å². The molecule has 3 rings (SSSR count). The zero-order chi connectivity index (χ0) is 14.1. The number of nitrogens with one attached hydrogen (secondary N) is 1. The number of ether oxygens (including phenoxy) is 1. The second-order valence-corrected chi connectivity index (χ2v) is 6.47. The fourth-order valence-corrected chi connectivity index (χ4v) is 3.94. The van der Waals surface area contributed by atoms with Crippen LogP contribution >= 0.6 is 11.3 Å². The lowest BCUT2D eigenvalue weighted by Gasteiger charge is -2.14. The molecular formula is C14H17NO4S. The van der Waals surface area contributed by atoms with E-state index in [2.05, 4.69) is 5.32 Å². The minimum Gasteiger partial charge on any atom is -0.481 e. The lowest BCUT2D eigenvalue weighted by atomic mass is 9.99. The Morgan fingerprint density at radius 3 is 2.85 bits per heavy atom. The fraction of sp³-hybridized carbons (Fsp3) is 0.571. The summed E-state index contributed by atoms with van der Waals surface area (Å²) in [6.45, 7) is 0.440. The van der Waals surface area contributed by atoms with Gasteiger partial charge in [0.1, 0.15) is 5.92 Å². The van der Waals surface area contributed by atoms with E-state index < -0.39 is 17.9 Å². The molecule has 2 aliphatic rings. The summed E-state index contributed by atoms with van der Waals surface area (Å²) in [4.78, 5) is 25.3. The number of thiophene rings is 1. The van der Waals surface area contributed by atoms with Crippen LogP contribution in [0.1, 0.15) is 33.0 Å². The van der Waals surface area contributed by atoms with Gasteiger partial charge in [0, 0.05) is 4.88 Å². The van der Waals surface area contributed by atoms with Crippen molar-refractivity contribution in [3.8, 4) is 0 Å². The zero-order valence-corrected chi connectivity index (χ0v) is 11.9. The highest BCUT2D eigenvalue weighted by Crippen LogP contribution is 2.29. The third-order valence-corrected chi connectivity index (χ3v) is 5.17. The Kier molecular flexibility index (Phi) is 3.76. The predicted molar refractivity (Wildman–Crippen MR) is 74.2 cm³/mol. The number of fused-ring (bicyclic) bond motifs is 1. The van der Waals surface area contributed by atoms with Crippen LogP contribution in [0.3, 0.4) is 0 Å². The molecule has 0 bridgehead atoms. The van der Waals surface area contributed by atoms with E-state index in [1.165, 1.54) is 34.6 Å². The van der Waals surface area contributed by atoms with Gasteiger partial charge in [0.25, 0.3) is 5.91 Å². The number of carbonyl (C=O) groups excluding carboxylic acids is 1. The molecule has 0 aromatic carbocycles. The van der Waals surface area contributed by atoms with Gasteiger partial charge >= 0.3 is 5.97 Å². The van der Waals surface area contributed by atoms with Gasteiger partial charge in [-0.2, -0.15) is 0 Å². The largest absolute Gasteiger partial charge is 0.481 e. The molecule has 1 aliphatic carbocycles. The Balaban J connectivity index is 1.70. The lowest BCUT2D eigenvalue weighted by Crippen LogP contribution is -2.42. The van der Waals surface area contributed by atoms with E-state index in [1.807, 2.05) is 6.07 Å². The van der Waals surface area contributed by atoms with Gasteiger partial charge in [0.2, 0.25) is 0 Å². The molecule has 2 unspecified atom stereocenters. The van der Waals surface area contributed by atoms with Gasteiger partial charge in [-0.15, -0.1) is 11.3 Å². The summed E-state index contributed by atoms with van der Waals surface area (Å²) < 4.78 is 5.16. The van der Waals surface area contributed by atoms with Crippen molar-refractivity contribution in [1.82, 2.24) is 5.32 Å². The molecule has 0 spiro atoms. The SMILES string of the molecule is O=C(NC1COCC1C(=O)O)c1cc2c(s1)CCCC2. The third-order valence-electron chi connectivity index (χ3n) is 3.93. The molecule has 5 nitrogen and oxygen atoms in total. The Morgan fingerprint density at radius 1 is 1.30 bits per heavy atom. The summed E-state index contributed by atoms with van der Waals surface area (Å²) in [6, 6.07) is 1.53. The second kappa shape index (κ2) is 5.54. The average molecular weight is 295 g/mol. The van der Waals surface area contributed by atoms with Gasteiger partial charge < -0.3 is 15.2 Å². The monoisotopic (exact) mass is 295 g/mol. The van der Waals surface area contributed by atoms with Gasteiger partial charge in [-0.05, 0) is 37.3 Å². The van der Waals surface area contributed by atoms with Crippen molar-refractivity contribution >= 4 is 23.2 Å². The first-order valence-corrected chi connectivity index (χ1v) is 7.70. The van der Waals surface area contributed by atoms with E-state index in [-0.39, 0.29) is 19.1 Å². The maximum atomic E-state index is 12.2. The lowest BCUT2D eigenvalue weighted by molar-refractivity contribution is -0.142. The van der Waals surface area contributed by atoms with Crippen LogP contribution in [-0.4, -0.2) is 36.2 Å². The number of amides is 1. The van der Waals surface area contributed by atoms with Crippen LogP contribution < -0.4 is 5.32 Å². The minimum absolute atomic E-state index is 0.168. The maximum Gasteiger partial charge on any atom is 0.311 e. The Labute approximate surface area is 120 Å². The van der Waals surface area contributed by atoms with E-state index >= 15 is 0 Å². The molecule has 0 saturated carbocycles. The number of carboxylic acid groups (broad SMARTS) is 1.